The zero-order valence-electron chi connectivity index (χ0n) is 12.9. The Bertz CT molecular complexity index is 831. The molecule has 3 aromatic rings. The Morgan fingerprint density at radius 3 is 2.91 bits per heavy atom. The molecule has 1 aliphatic rings. The van der Waals surface area contributed by atoms with Gasteiger partial charge in [-0.1, -0.05) is 11.6 Å². The number of fused-ring (bicyclic) bond motifs is 1. The van der Waals surface area contributed by atoms with Crippen LogP contribution in [-0.4, -0.2) is 20.1 Å². The van der Waals surface area contributed by atoms with Gasteiger partial charge < -0.3 is 10.3 Å². The summed E-state index contributed by atoms with van der Waals surface area (Å²) in [5.41, 5.74) is 7.96. The van der Waals surface area contributed by atoms with E-state index in [2.05, 4.69) is 26.2 Å². The second-order valence-electron chi connectivity index (χ2n) is 5.76. The van der Waals surface area contributed by atoms with Gasteiger partial charge >= 0.3 is 0 Å². The van der Waals surface area contributed by atoms with Crippen LogP contribution in [0.25, 0.3) is 22.2 Å². The second-order valence-corrected chi connectivity index (χ2v) is 6.90. The van der Waals surface area contributed by atoms with E-state index in [1.54, 1.807) is 24.5 Å². The highest BCUT2D eigenvalue weighted by Crippen LogP contribution is 2.35. The molecule has 0 aromatic carbocycles. The number of hydrogen-bond donors (Lipinski definition) is 1. The van der Waals surface area contributed by atoms with E-state index in [4.69, 9.17) is 10.3 Å². The Morgan fingerprint density at radius 1 is 1.17 bits per heavy atom. The third kappa shape index (κ3) is 2.72. The maximum absolute atomic E-state index is 5.93. The fraction of sp³-hybridized carbons (Fsp3) is 0.375. The van der Waals surface area contributed by atoms with Gasteiger partial charge in [-0.05, 0) is 44.2 Å². The lowest BCUT2D eigenvalue weighted by Crippen LogP contribution is -1.99. The summed E-state index contributed by atoms with van der Waals surface area (Å²) in [4.78, 5) is 15.3. The number of nitrogen functional groups attached to an aromatic ring is 1. The molecule has 0 radical (unpaired) electrons. The average Bonchev–Trinajstić information content (AvgIpc) is 3.10. The van der Waals surface area contributed by atoms with Crippen molar-refractivity contribution in [3.05, 3.63) is 28.5 Å². The van der Waals surface area contributed by atoms with Crippen molar-refractivity contribution in [2.24, 2.45) is 0 Å². The normalized spacial score (nSPS) is 14.5. The minimum absolute atomic E-state index is 0.367. The highest BCUT2D eigenvalue weighted by Gasteiger charge is 2.19. The molecule has 1 aliphatic carbocycles. The molecule has 4 rings (SSSR count). The number of aryl methyl sites for hydroxylation is 3. The maximum atomic E-state index is 5.93. The van der Waals surface area contributed by atoms with Crippen LogP contribution in [0.2, 0.25) is 0 Å². The van der Waals surface area contributed by atoms with Gasteiger partial charge in [0.05, 0.1) is 10.4 Å². The van der Waals surface area contributed by atoms with E-state index >= 15 is 0 Å². The van der Waals surface area contributed by atoms with Gasteiger partial charge in [-0.2, -0.15) is 4.98 Å². The van der Waals surface area contributed by atoms with E-state index in [1.165, 1.54) is 29.7 Å². The molecule has 3 aromatic heterocycles. The van der Waals surface area contributed by atoms with E-state index in [0.29, 0.717) is 28.9 Å². The minimum Gasteiger partial charge on any atom is -0.383 e. The summed E-state index contributed by atoms with van der Waals surface area (Å²) < 4.78 is 5.44. The Hall–Kier alpha value is -2.28. The van der Waals surface area contributed by atoms with Crippen LogP contribution >= 0.6 is 11.3 Å². The highest BCUT2D eigenvalue weighted by atomic mass is 32.1. The Morgan fingerprint density at radius 2 is 2.04 bits per heavy atom. The molecule has 2 N–H and O–H groups in total. The first-order valence-electron chi connectivity index (χ1n) is 7.76. The number of rotatable bonds is 2. The monoisotopic (exact) mass is 327 g/mol. The number of anilines is 1. The molecule has 0 aliphatic heterocycles. The molecule has 0 fully saturated rings. The molecule has 7 heteroatoms. The molecule has 6 nitrogen and oxygen atoms in total. The third-order valence-electron chi connectivity index (χ3n) is 4.06. The van der Waals surface area contributed by atoms with Crippen LogP contribution in [0, 0.1) is 6.92 Å². The van der Waals surface area contributed by atoms with Crippen molar-refractivity contribution in [1.82, 2.24) is 20.1 Å². The summed E-state index contributed by atoms with van der Waals surface area (Å²) in [7, 11) is 0. The summed E-state index contributed by atoms with van der Waals surface area (Å²) in [6.07, 6.45) is 7.77. The Kier molecular flexibility index (Phi) is 3.57. The predicted molar refractivity (Wildman–Crippen MR) is 89.0 cm³/mol. The summed E-state index contributed by atoms with van der Waals surface area (Å²) in [5.74, 6) is 1.96. The van der Waals surface area contributed by atoms with Crippen LogP contribution in [0.15, 0.2) is 16.8 Å². The van der Waals surface area contributed by atoms with E-state index < -0.39 is 0 Å². The summed E-state index contributed by atoms with van der Waals surface area (Å²) in [6, 6.07) is 2.19. The first-order chi connectivity index (χ1) is 11.2. The molecule has 0 spiro atoms. The molecule has 23 heavy (non-hydrogen) atoms. The van der Waals surface area contributed by atoms with Crippen LogP contribution in [0.3, 0.4) is 0 Å². The first kappa shape index (κ1) is 14.3. The Balaban J connectivity index is 1.68. The standard InChI is InChI=1S/C16H17N5OS/c1-9-18-8-11(14(17)19-9)15-20-16(22-21-15)13-7-10-5-3-2-4-6-12(10)23-13/h7-8H,2-6H2,1H3,(H2,17,18,19). The summed E-state index contributed by atoms with van der Waals surface area (Å²) in [6.45, 7) is 1.79. The molecule has 0 saturated heterocycles. The van der Waals surface area contributed by atoms with Crippen molar-refractivity contribution in [1.29, 1.82) is 0 Å². The first-order valence-corrected chi connectivity index (χ1v) is 8.57. The average molecular weight is 327 g/mol. The van der Waals surface area contributed by atoms with Crippen molar-refractivity contribution in [3.63, 3.8) is 0 Å². The van der Waals surface area contributed by atoms with Gasteiger partial charge in [-0.3, -0.25) is 0 Å². The molecule has 0 amide bonds. The van der Waals surface area contributed by atoms with Crippen LogP contribution in [0.4, 0.5) is 5.82 Å². The number of nitrogens with zero attached hydrogens (tertiary/aromatic N) is 4. The van der Waals surface area contributed by atoms with Gasteiger partial charge in [0, 0.05) is 11.1 Å². The van der Waals surface area contributed by atoms with Gasteiger partial charge in [0.2, 0.25) is 5.82 Å². The quantitative estimate of drug-likeness (QED) is 0.725. The zero-order valence-corrected chi connectivity index (χ0v) is 13.7. The molecular formula is C16H17N5OS. The number of aromatic nitrogens is 4. The van der Waals surface area contributed by atoms with Gasteiger partial charge in [-0.25, -0.2) is 9.97 Å². The van der Waals surface area contributed by atoms with Crippen molar-refractivity contribution in [3.8, 4) is 22.2 Å². The van der Waals surface area contributed by atoms with Crippen LogP contribution < -0.4 is 5.73 Å². The van der Waals surface area contributed by atoms with Gasteiger partial charge in [0.1, 0.15) is 11.6 Å². The zero-order chi connectivity index (χ0) is 15.8. The van der Waals surface area contributed by atoms with E-state index in [1.807, 2.05) is 0 Å². The molecular weight excluding hydrogens is 310 g/mol. The van der Waals surface area contributed by atoms with Gasteiger partial charge in [0.15, 0.2) is 0 Å². The Labute approximate surface area is 137 Å². The second kappa shape index (κ2) is 5.73. The third-order valence-corrected chi connectivity index (χ3v) is 5.29. The maximum Gasteiger partial charge on any atom is 0.268 e. The van der Waals surface area contributed by atoms with Crippen molar-refractivity contribution in [2.45, 2.75) is 39.0 Å². The molecule has 0 atom stereocenters. The fourth-order valence-electron chi connectivity index (χ4n) is 2.87. The van der Waals surface area contributed by atoms with E-state index in [-0.39, 0.29) is 0 Å². The smallest absolute Gasteiger partial charge is 0.268 e. The van der Waals surface area contributed by atoms with Crippen LogP contribution in [0.1, 0.15) is 35.5 Å². The van der Waals surface area contributed by atoms with E-state index in [9.17, 15) is 0 Å². The largest absolute Gasteiger partial charge is 0.383 e. The predicted octanol–water partition coefficient (Wildman–Crippen LogP) is 3.41. The molecule has 3 heterocycles. The number of nitrogens with two attached hydrogens (primary N) is 1. The van der Waals surface area contributed by atoms with Crippen molar-refractivity contribution >= 4 is 17.2 Å². The lowest BCUT2D eigenvalue weighted by atomic mass is 10.1. The van der Waals surface area contributed by atoms with E-state index in [0.717, 1.165) is 17.7 Å². The fourth-order valence-corrected chi connectivity index (χ4v) is 4.04. The highest BCUT2D eigenvalue weighted by molar-refractivity contribution is 7.15. The summed E-state index contributed by atoms with van der Waals surface area (Å²) >= 11 is 1.76. The minimum atomic E-state index is 0.367. The van der Waals surface area contributed by atoms with Crippen molar-refractivity contribution < 1.29 is 4.52 Å². The van der Waals surface area contributed by atoms with Crippen LogP contribution in [0.5, 0.6) is 0 Å². The molecule has 0 unspecified atom stereocenters. The molecule has 118 valence electrons. The molecule has 0 saturated carbocycles. The van der Waals surface area contributed by atoms with Crippen LogP contribution in [-0.2, 0) is 12.8 Å². The summed E-state index contributed by atoms with van der Waals surface area (Å²) in [5, 5.41) is 4.04. The lowest BCUT2D eigenvalue weighted by Gasteiger charge is -1.99. The SMILES string of the molecule is Cc1ncc(-c2noc(-c3cc4c(s3)CCCCC4)n2)c(N)n1. The number of thiophene rings is 1. The lowest BCUT2D eigenvalue weighted by molar-refractivity contribution is 0.433. The van der Waals surface area contributed by atoms with Gasteiger partial charge in [0.25, 0.3) is 5.89 Å². The molecule has 0 bridgehead atoms. The topological polar surface area (TPSA) is 90.7 Å². The number of hydrogen-bond acceptors (Lipinski definition) is 7. The van der Waals surface area contributed by atoms with Crippen molar-refractivity contribution in [2.75, 3.05) is 5.73 Å². The van der Waals surface area contributed by atoms with Gasteiger partial charge in [-0.15, -0.1) is 11.3 Å².